The third-order valence-electron chi connectivity index (χ3n) is 6.54. The Morgan fingerprint density at radius 3 is 2.72 bits per heavy atom. The fourth-order valence-electron chi connectivity index (χ4n) is 4.72. The third-order valence-corrected chi connectivity index (χ3v) is 6.54. The first-order chi connectivity index (χ1) is 15.5. The van der Waals surface area contributed by atoms with Crippen LogP contribution in [-0.2, 0) is 11.2 Å². The molecule has 0 aromatic carbocycles. The van der Waals surface area contributed by atoms with Crippen molar-refractivity contribution in [2.24, 2.45) is 5.92 Å². The summed E-state index contributed by atoms with van der Waals surface area (Å²) >= 11 is 0. The van der Waals surface area contributed by atoms with Crippen LogP contribution in [0.3, 0.4) is 0 Å². The SMILES string of the molecule is CCc1cc(=O)[nH]c(-c2ccc(N3CCN(CC(=O)NC4CCCC(C)C4)CC3)nc2)n1. The lowest BCUT2D eigenvalue weighted by Crippen LogP contribution is -2.51. The molecule has 0 spiro atoms. The Labute approximate surface area is 189 Å². The molecule has 1 aliphatic heterocycles. The molecule has 172 valence electrons. The molecule has 0 radical (unpaired) electrons. The van der Waals surface area contributed by atoms with E-state index in [4.69, 9.17) is 0 Å². The van der Waals surface area contributed by atoms with Crippen molar-refractivity contribution >= 4 is 11.7 Å². The first-order valence-corrected chi connectivity index (χ1v) is 11.8. The minimum Gasteiger partial charge on any atom is -0.354 e. The zero-order valence-corrected chi connectivity index (χ0v) is 19.1. The maximum atomic E-state index is 12.5. The molecule has 2 aromatic heterocycles. The second-order valence-corrected chi connectivity index (χ2v) is 9.14. The number of aromatic amines is 1. The van der Waals surface area contributed by atoms with Gasteiger partial charge in [-0.05, 0) is 37.3 Å². The molecule has 2 aliphatic rings. The van der Waals surface area contributed by atoms with Gasteiger partial charge in [0.1, 0.15) is 11.6 Å². The summed E-state index contributed by atoms with van der Waals surface area (Å²) in [6.45, 7) is 8.07. The Hall–Kier alpha value is -2.74. The number of hydrogen-bond acceptors (Lipinski definition) is 6. The van der Waals surface area contributed by atoms with Gasteiger partial charge in [-0.25, -0.2) is 9.97 Å². The molecule has 2 unspecified atom stereocenters. The van der Waals surface area contributed by atoms with Crippen molar-refractivity contribution in [2.45, 2.75) is 52.0 Å². The van der Waals surface area contributed by atoms with E-state index in [1.807, 2.05) is 19.1 Å². The largest absolute Gasteiger partial charge is 0.354 e. The summed E-state index contributed by atoms with van der Waals surface area (Å²) in [5.74, 6) is 2.32. The number of hydrogen-bond donors (Lipinski definition) is 2. The van der Waals surface area contributed by atoms with Crippen LogP contribution in [0.1, 0.15) is 45.2 Å². The van der Waals surface area contributed by atoms with Gasteiger partial charge in [0, 0.05) is 55.7 Å². The van der Waals surface area contributed by atoms with Crippen molar-refractivity contribution in [3.05, 3.63) is 40.4 Å². The van der Waals surface area contributed by atoms with Crippen molar-refractivity contribution in [1.29, 1.82) is 0 Å². The summed E-state index contributed by atoms with van der Waals surface area (Å²) in [6.07, 6.45) is 7.18. The number of piperazine rings is 1. The maximum absolute atomic E-state index is 12.5. The van der Waals surface area contributed by atoms with Gasteiger partial charge < -0.3 is 15.2 Å². The fourth-order valence-corrected chi connectivity index (χ4v) is 4.72. The number of H-pyrrole nitrogens is 1. The zero-order valence-electron chi connectivity index (χ0n) is 19.1. The summed E-state index contributed by atoms with van der Waals surface area (Å²) in [5, 5.41) is 3.24. The molecular weight excluding hydrogens is 404 g/mol. The minimum absolute atomic E-state index is 0.144. The van der Waals surface area contributed by atoms with Crippen molar-refractivity contribution in [3.8, 4) is 11.4 Å². The number of anilines is 1. The highest BCUT2D eigenvalue weighted by Gasteiger charge is 2.23. The lowest BCUT2D eigenvalue weighted by molar-refractivity contribution is -0.123. The average Bonchev–Trinajstić information content (AvgIpc) is 2.79. The molecule has 4 rings (SSSR count). The quantitative estimate of drug-likeness (QED) is 0.718. The Balaban J connectivity index is 1.28. The average molecular weight is 439 g/mol. The molecule has 1 aliphatic carbocycles. The molecule has 2 fully saturated rings. The fraction of sp³-hybridized carbons (Fsp3) is 0.583. The molecule has 32 heavy (non-hydrogen) atoms. The normalized spacial score (nSPS) is 22.0. The number of aryl methyl sites for hydroxylation is 1. The Kier molecular flexibility index (Phi) is 7.19. The number of pyridine rings is 1. The smallest absolute Gasteiger partial charge is 0.251 e. The van der Waals surface area contributed by atoms with E-state index in [9.17, 15) is 9.59 Å². The van der Waals surface area contributed by atoms with Gasteiger partial charge in [0.15, 0.2) is 0 Å². The number of nitrogens with zero attached hydrogens (tertiary/aromatic N) is 4. The van der Waals surface area contributed by atoms with Gasteiger partial charge in [-0.3, -0.25) is 14.5 Å². The molecule has 3 heterocycles. The highest BCUT2D eigenvalue weighted by Crippen LogP contribution is 2.23. The van der Waals surface area contributed by atoms with Gasteiger partial charge in [-0.2, -0.15) is 0 Å². The predicted octanol–water partition coefficient (Wildman–Crippen LogP) is 2.21. The van der Waals surface area contributed by atoms with Crippen LogP contribution in [0.25, 0.3) is 11.4 Å². The molecule has 8 heteroatoms. The Morgan fingerprint density at radius 2 is 2.03 bits per heavy atom. The number of amides is 1. The highest BCUT2D eigenvalue weighted by atomic mass is 16.2. The van der Waals surface area contributed by atoms with Gasteiger partial charge in [-0.1, -0.05) is 26.7 Å². The summed E-state index contributed by atoms with van der Waals surface area (Å²) in [5.41, 5.74) is 1.42. The van der Waals surface area contributed by atoms with Gasteiger partial charge in [0.05, 0.1) is 6.54 Å². The predicted molar refractivity (Wildman–Crippen MR) is 126 cm³/mol. The zero-order chi connectivity index (χ0) is 22.5. The van der Waals surface area contributed by atoms with Crippen LogP contribution < -0.4 is 15.8 Å². The van der Waals surface area contributed by atoms with E-state index in [-0.39, 0.29) is 11.5 Å². The number of carbonyl (C=O) groups is 1. The minimum atomic E-state index is -0.144. The summed E-state index contributed by atoms with van der Waals surface area (Å²) in [4.78, 5) is 40.6. The second kappa shape index (κ2) is 10.3. The molecule has 1 saturated carbocycles. The van der Waals surface area contributed by atoms with E-state index in [0.717, 1.165) is 56.1 Å². The first-order valence-electron chi connectivity index (χ1n) is 11.8. The highest BCUT2D eigenvalue weighted by molar-refractivity contribution is 5.78. The molecule has 1 saturated heterocycles. The second-order valence-electron chi connectivity index (χ2n) is 9.14. The van der Waals surface area contributed by atoms with Crippen LogP contribution >= 0.6 is 0 Å². The standard InChI is InChI=1S/C24H34N6O2/c1-3-19-14-22(31)28-24(27-19)18-7-8-21(25-15-18)30-11-9-29(10-12-30)16-23(32)26-20-6-4-5-17(2)13-20/h7-8,14-15,17,20H,3-6,9-13,16H2,1-2H3,(H,26,32)(H,27,28,31). The van der Waals surface area contributed by atoms with Crippen molar-refractivity contribution in [3.63, 3.8) is 0 Å². The van der Waals surface area contributed by atoms with E-state index in [1.54, 1.807) is 6.20 Å². The summed E-state index contributed by atoms with van der Waals surface area (Å²) in [6, 6.07) is 5.80. The van der Waals surface area contributed by atoms with E-state index < -0.39 is 0 Å². The van der Waals surface area contributed by atoms with Gasteiger partial charge in [0.25, 0.3) is 5.56 Å². The molecule has 2 atom stereocenters. The molecule has 1 amide bonds. The van der Waals surface area contributed by atoms with Crippen LogP contribution in [-0.4, -0.2) is 64.5 Å². The van der Waals surface area contributed by atoms with Crippen LogP contribution in [0.4, 0.5) is 5.82 Å². The van der Waals surface area contributed by atoms with Crippen LogP contribution in [0.15, 0.2) is 29.2 Å². The van der Waals surface area contributed by atoms with Crippen molar-refractivity contribution in [1.82, 2.24) is 25.2 Å². The summed E-state index contributed by atoms with van der Waals surface area (Å²) < 4.78 is 0. The lowest BCUT2D eigenvalue weighted by Gasteiger charge is -2.35. The van der Waals surface area contributed by atoms with E-state index in [1.165, 1.54) is 18.9 Å². The molecule has 2 aromatic rings. The van der Waals surface area contributed by atoms with Crippen molar-refractivity contribution < 1.29 is 4.79 Å². The van der Waals surface area contributed by atoms with E-state index >= 15 is 0 Å². The Morgan fingerprint density at radius 1 is 1.22 bits per heavy atom. The topological polar surface area (TPSA) is 94.2 Å². The van der Waals surface area contributed by atoms with E-state index in [0.29, 0.717) is 30.7 Å². The van der Waals surface area contributed by atoms with Gasteiger partial charge in [-0.15, -0.1) is 0 Å². The van der Waals surface area contributed by atoms with Crippen molar-refractivity contribution in [2.75, 3.05) is 37.6 Å². The van der Waals surface area contributed by atoms with Gasteiger partial charge >= 0.3 is 0 Å². The summed E-state index contributed by atoms with van der Waals surface area (Å²) in [7, 11) is 0. The Bertz CT molecular complexity index is 965. The number of aromatic nitrogens is 3. The van der Waals surface area contributed by atoms with Crippen LogP contribution in [0, 0.1) is 5.92 Å². The maximum Gasteiger partial charge on any atom is 0.251 e. The monoisotopic (exact) mass is 438 g/mol. The third kappa shape index (κ3) is 5.73. The number of nitrogens with one attached hydrogen (secondary N) is 2. The molecule has 8 nitrogen and oxygen atoms in total. The lowest BCUT2D eigenvalue weighted by atomic mass is 9.87. The first kappa shape index (κ1) is 22.5. The number of rotatable bonds is 6. The number of carbonyl (C=O) groups excluding carboxylic acids is 1. The van der Waals surface area contributed by atoms with E-state index in [2.05, 4.69) is 37.0 Å². The van der Waals surface area contributed by atoms with Crippen LogP contribution in [0.5, 0.6) is 0 Å². The molecule has 2 N–H and O–H groups in total. The van der Waals surface area contributed by atoms with Crippen LogP contribution in [0.2, 0.25) is 0 Å². The molecule has 0 bridgehead atoms. The molecular formula is C24H34N6O2. The van der Waals surface area contributed by atoms with Gasteiger partial charge in [0.2, 0.25) is 5.91 Å².